The van der Waals surface area contributed by atoms with Crippen LogP contribution in [-0.2, 0) is 11.0 Å². The van der Waals surface area contributed by atoms with Crippen LogP contribution in [0.3, 0.4) is 0 Å². The summed E-state index contributed by atoms with van der Waals surface area (Å²) in [7, 11) is 0. The molecule has 8 heteroatoms. The van der Waals surface area contributed by atoms with Gasteiger partial charge in [0.1, 0.15) is 5.75 Å². The number of rotatable bonds is 6. The number of ether oxygens (including phenoxy) is 1. The Kier molecular flexibility index (Phi) is 6.87. The molecule has 1 amide bonds. The molecule has 162 valence electrons. The number of nitrogens with zero attached hydrogens (tertiary/aromatic N) is 1. The van der Waals surface area contributed by atoms with Crippen LogP contribution in [0, 0.1) is 0 Å². The fraction of sp³-hybridized carbons (Fsp3) is 0.409. The highest BCUT2D eigenvalue weighted by atomic mass is 19.4. The molecule has 1 atom stereocenters. The van der Waals surface area contributed by atoms with E-state index in [0.29, 0.717) is 44.2 Å². The zero-order valence-corrected chi connectivity index (χ0v) is 17.1. The molecule has 2 N–H and O–H groups in total. The van der Waals surface area contributed by atoms with E-state index >= 15 is 0 Å². The number of nitrogens with one attached hydrogen (secondary N) is 2. The molecule has 3 rings (SSSR count). The van der Waals surface area contributed by atoms with E-state index in [9.17, 15) is 18.0 Å². The number of carbonyl (C=O) groups excluding carboxylic acids is 1. The van der Waals surface area contributed by atoms with Crippen molar-refractivity contribution in [3.63, 3.8) is 0 Å². The van der Waals surface area contributed by atoms with Gasteiger partial charge in [0, 0.05) is 11.4 Å². The van der Waals surface area contributed by atoms with Crippen molar-refractivity contribution < 1.29 is 27.6 Å². The summed E-state index contributed by atoms with van der Waals surface area (Å²) in [5.74, 6) is 0.668. The summed E-state index contributed by atoms with van der Waals surface area (Å²) in [5.41, 5.74) is 0.630. The summed E-state index contributed by atoms with van der Waals surface area (Å²) in [6.07, 6.45) is -4.35. The molecule has 1 aliphatic rings. The number of anilines is 2. The third-order valence-corrected chi connectivity index (χ3v) is 5.38. The molecule has 1 fully saturated rings. The first kappa shape index (κ1) is 22.0. The lowest BCUT2D eigenvalue weighted by atomic mass is 10.1. The molecule has 30 heavy (non-hydrogen) atoms. The standard InChI is InChI=1S/C22H26F3N3O2/c1-3-30-20-9-7-18(8-10-20)26-21(29)16(2)27-11-13-28(14-12-27)19-6-4-5-17(15-19)22(23,24)25/h4-10,15-16H,3,11-14H2,1-2H3,(H,26,29)/p+1/t16-/m0/s1. The lowest BCUT2D eigenvalue weighted by Crippen LogP contribution is -3.19. The van der Waals surface area contributed by atoms with Crippen LogP contribution in [0.15, 0.2) is 48.5 Å². The molecule has 0 saturated carbocycles. The summed E-state index contributed by atoms with van der Waals surface area (Å²) >= 11 is 0. The van der Waals surface area contributed by atoms with Gasteiger partial charge in [0.25, 0.3) is 5.91 Å². The highest BCUT2D eigenvalue weighted by Crippen LogP contribution is 2.31. The topological polar surface area (TPSA) is 46.0 Å². The molecule has 1 aliphatic heterocycles. The minimum Gasteiger partial charge on any atom is -0.494 e. The molecule has 5 nitrogen and oxygen atoms in total. The van der Waals surface area contributed by atoms with Crippen molar-refractivity contribution in [3.8, 4) is 5.75 Å². The molecule has 0 aromatic heterocycles. The normalized spacial score (nSPS) is 16.2. The molecule has 2 aromatic rings. The van der Waals surface area contributed by atoms with Gasteiger partial charge in [0.15, 0.2) is 6.04 Å². The number of amides is 1. The molecule has 0 aliphatic carbocycles. The van der Waals surface area contributed by atoms with Gasteiger partial charge in [-0.15, -0.1) is 0 Å². The second-order valence-electron chi connectivity index (χ2n) is 7.36. The van der Waals surface area contributed by atoms with Gasteiger partial charge >= 0.3 is 6.18 Å². The smallest absolute Gasteiger partial charge is 0.416 e. The number of quaternary nitrogens is 1. The third kappa shape index (κ3) is 5.44. The van der Waals surface area contributed by atoms with E-state index in [1.165, 1.54) is 12.1 Å². The van der Waals surface area contributed by atoms with E-state index in [1.807, 2.05) is 30.9 Å². The van der Waals surface area contributed by atoms with Crippen molar-refractivity contribution in [2.24, 2.45) is 0 Å². The van der Waals surface area contributed by atoms with Gasteiger partial charge in [-0.1, -0.05) is 6.07 Å². The van der Waals surface area contributed by atoms with Crippen molar-refractivity contribution in [2.75, 3.05) is 43.0 Å². The molecule has 0 spiro atoms. The van der Waals surface area contributed by atoms with Crippen molar-refractivity contribution >= 4 is 17.3 Å². The highest BCUT2D eigenvalue weighted by Gasteiger charge is 2.32. The number of hydrogen-bond acceptors (Lipinski definition) is 3. The van der Waals surface area contributed by atoms with E-state index in [-0.39, 0.29) is 11.9 Å². The molecule has 0 radical (unpaired) electrons. The Hall–Kier alpha value is -2.74. The van der Waals surface area contributed by atoms with Crippen LogP contribution in [0.25, 0.3) is 0 Å². The van der Waals surface area contributed by atoms with Crippen molar-refractivity contribution in [1.82, 2.24) is 0 Å². The van der Waals surface area contributed by atoms with E-state index in [0.717, 1.165) is 16.7 Å². The number of piperazine rings is 1. The fourth-order valence-electron chi connectivity index (χ4n) is 3.60. The molecule has 1 saturated heterocycles. The lowest BCUT2D eigenvalue weighted by molar-refractivity contribution is -0.914. The van der Waals surface area contributed by atoms with Crippen molar-refractivity contribution in [3.05, 3.63) is 54.1 Å². The SMILES string of the molecule is CCOc1ccc(NC(=O)[C@H](C)[NH+]2CCN(c3cccc(C(F)(F)F)c3)CC2)cc1. The average Bonchev–Trinajstić information content (AvgIpc) is 2.74. The van der Waals surface area contributed by atoms with E-state index in [1.54, 1.807) is 18.2 Å². The fourth-order valence-corrected chi connectivity index (χ4v) is 3.60. The zero-order chi connectivity index (χ0) is 21.7. The monoisotopic (exact) mass is 422 g/mol. The molecular formula is C22H27F3N3O2+. The minimum atomic E-state index is -4.35. The number of hydrogen-bond donors (Lipinski definition) is 2. The molecule has 2 aromatic carbocycles. The first-order chi connectivity index (χ1) is 14.3. The summed E-state index contributed by atoms with van der Waals surface area (Å²) in [4.78, 5) is 15.7. The van der Waals surface area contributed by atoms with Crippen LogP contribution in [0.5, 0.6) is 5.75 Å². The first-order valence-corrected chi connectivity index (χ1v) is 10.1. The summed E-state index contributed by atoms with van der Waals surface area (Å²) in [6.45, 7) is 6.90. The van der Waals surface area contributed by atoms with Crippen LogP contribution in [0.4, 0.5) is 24.5 Å². The number of alkyl halides is 3. The quantitative estimate of drug-likeness (QED) is 0.753. The van der Waals surface area contributed by atoms with Crippen LogP contribution >= 0.6 is 0 Å². The second-order valence-corrected chi connectivity index (χ2v) is 7.36. The zero-order valence-electron chi connectivity index (χ0n) is 17.1. The van der Waals surface area contributed by atoms with E-state index < -0.39 is 11.7 Å². The molecular weight excluding hydrogens is 395 g/mol. The van der Waals surface area contributed by atoms with Crippen molar-refractivity contribution in [2.45, 2.75) is 26.1 Å². The van der Waals surface area contributed by atoms with Gasteiger partial charge < -0.3 is 19.9 Å². The first-order valence-electron chi connectivity index (χ1n) is 10.1. The van der Waals surface area contributed by atoms with E-state index in [2.05, 4.69) is 5.32 Å². The third-order valence-electron chi connectivity index (χ3n) is 5.38. The summed E-state index contributed by atoms with van der Waals surface area (Å²) in [6, 6.07) is 12.4. The summed E-state index contributed by atoms with van der Waals surface area (Å²) < 4.78 is 44.3. The van der Waals surface area contributed by atoms with Gasteiger partial charge in [-0.3, -0.25) is 4.79 Å². The predicted molar refractivity (Wildman–Crippen MR) is 110 cm³/mol. The maximum Gasteiger partial charge on any atom is 0.416 e. The highest BCUT2D eigenvalue weighted by molar-refractivity contribution is 5.93. The van der Waals surface area contributed by atoms with Gasteiger partial charge in [-0.05, 0) is 56.3 Å². The van der Waals surface area contributed by atoms with Crippen molar-refractivity contribution in [1.29, 1.82) is 0 Å². The van der Waals surface area contributed by atoms with Gasteiger partial charge in [-0.2, -0.15) is 13.2 Å². The Labute approximate surface area is 174 Å². The van der Waals surface area contributed by atoms with Crippen LogP contribution in [0.2, 0.25) is 0 Å². The Balaban J connectivity index is 1.54. The molecule has 1 heterocycles. The maximum atomic E-state index is 13.0. The second kappa shape index (κ2) is 9.38. The van der Waals surface area contributed by atoms with Gasteiger partial charge in [0.05, 0.1) is 38.3 Å². The van der Waals surface area contributed by atoms with Crippen LogP contribution < -0.4 is 19.9 Å². The minimum absolute atomic E-state index is 0.0818. The number of carbonyl (C=O) groups is 1. The van der Waals surface area contributed by atoms with E-state index in [4.69, 9.17) is 4.74 Å². The predicted octanol–water partition coefficient (Wildman–Crippen LogP) is 2.84. The largest absolute Gasteiger partial charge is 0.494 e. The Morgan fingerprint density at radius 2 is 1.83 bits per heavy atom. The Morgan fingerprint density at radius 3 is 2.43 bits per heavy atom. The number of halogens is 3. The Bertz CT molecular complexity index is 847. The van der Waals surface area contributed by atoms with Gasteiger partial charge in [0.2, 0.25) is 0 Å². The molecule has 0 bridgehead atoms. The Morgan fingerprint density at radius 1 is 1.17 bits per heavy atom. The maximum absolute atomic E-state index is 13.0. The van der Waals surface area contributed by atoms with Gasteiger partial charge in [-0.25, -0.2) is 0 Å². The summed E-state index contributed by atoms with van der Waals surface area (Å²) in [5, 5.41) is 2.92. The molecule has 0 unspecified atom stereocenters. The number of benzene rings is 2. The van der Waals surface area contributed by atoms with Crippen LogP contribution in [-0.4, -0.2) is 44.7 Å². The lowest BCUT2D eigenvalue weighted by Gasteiger charge is -2.36. The van der Waals surface area contributed by atoms with Crippen LogP contribution in [0.1, 0.15) is 19.4 Å². The average molecular weight is 422 g/mol.